The van der Waals surface area contributed by atoms with Crippen LogP contribution in [0.5, 0.6) is 0 Å². The van der Waals surface area contributed by atoms with Gasteiger partial charge in [-0.15, -0.1) is 11.3 Å². The summed E-state index contributed by atoms with van der Waals surface area (Å²) in [6.07, 6.45) is 0. The smallest absolute Gasteiger partial charge is 0.124 e. The van der Waals surface area contributed by atoms with Crippen LogP contribution in [-0.4, -0.2) is 9.78 Å². The van der Waals surface area contributed by atoms with Crippen LogP contribution in [-0.2, 0) is 13.6 Å². The van der Waals surface area contributed by atoms with Crippen molar-refractivity contribution in [3.05, 3.63) is 34.2 Å². The Morgan fingerprint density at radius 1 is 1.57 bits per heavy atom. The Balaban J connectivity index is 2.01. The maximum absolute atomic E-state index is 4.27. The number of rotatable bonds is 3. The molecule has 0 aliphatic rings. The third-order valence-electron chi connectivity index (χ3n) is 2.03. The fraction of sp³-hybridized carbons (Fsp3) is 0.300. The van der Waals surface area contributed by atoms with Crippen molar-refractivity contribution >= 4 is 17.2 Å². The summed E-state index contributed by atoms with van der Waals surface area (Å²) in [5.41, 5.74) is 1.04. The second-order valence-corrected chi connectivity index (χ2v) is 4.26. The quantitative estimate of drug-likeness (QED) is 0.837. The van der Waals surface area contributed by atoms with E-state index in [0.29, 0.717) is 0 Å². The van der Waals surface area contributed by atoms with E-state index in [1.807, 2.05) is 24.7 Å². The van der Waals surface area contributed by atoms with Crippen LogP contribution in [0.15, 0.2) is 23.6 Å². The lowest BCUT2D eigenvalue weighted by molar-refractivity contribution is 0.758. The fourth-order valence-electron chi connectivity index (χ4n) is 1.37. The molecule has 2 rings (SSSR count). The Morgan fingerprint density at radius 3 is 3.00 bits per heavy atom. The highest BCUT2D eigenvalue weighted by molar-refractivity contribution is 7.09. The van der Waals surface area contributed by atoms with Crippen LogP contribution in [0.25, 0.3) is 0 Å². The average molecular weight is 207 g/mol. The monoisotopic (exact) mass is 207 g/mol. The van der Waals surface area contributed by atoms with E-state index in [1.165, 1.54) is 4.88 Å². The van der Waals surface area contributed by atoms with E-state index in [-0.39, 0.29) is 0 Å². The van der Waals surface area contributed by atoms with Gasteiger partial charge in [0.2, 0.25) is 0 Å². The molecule has 0 atom stereocenters. The molecule has 4 heteroatoms. The van der Waals surface area contributed by atoms with E-state index in [9.17, 15) is 0 Å². The van der Waals surface area contributed by atoms with Gasteiger partial charge in [0.15, 0.2) is 0 Å². The summed E-state index contributed by atoms with van der Waals surface area (Å²) in [7, 11) is 1.95. The molecule has 14 heavy (non-hydrogen) atoms. The van der Waals surface area contributed by atoms with Crippen molar-refractivity contribution in [2.45, 2.75) is 13.5 Å². The number of aromatic nitrogens is 2. The van der Waals surface area contributed by atoms with Crippen molar-refractivity contribution in [3.63, 3.8) is 0 Å². The number of hydrogen-bond donors (Lipinski definition) is 1. The van der Waals surface area contributed by atoms with E-state index in [1.54, 1.807) is 11.3 Å². The fourth-order valence-corrected chi connectivity index (χ4v) is 2.01. The lowest BCUT2D eigenvalue weighted by Crippen LogP contribution is -2.03. The molecule has 0 spiro atoms. The van der Waals surface area contributed by atoms with Crippen LogP contribution in [0.4, 0.5) is 5.82 Å². The molecule has 2 heterocycles. The largest absolute Gasteiger partial charge is 0.365 e. The summed E-state index contributed by atoms with van der Waals surface area (Å²) in [5, 5.41) is 9.70. The van der Waals surface area contributed by atoms with Gasteiger partial charge in [-0.1, -0.05) is 6.07 Å². The van der Waals surface area contributed by atoms with Crippen LogP contribution in [0.1, 0.15) is 10.6 Å². The Kier molecular flexibility index (Phi) is 2.54. The zero-order valence-electron chi connectivity index (χ0n) is 8.32. The topological polar surface area (TPSA) is 29.9 Å². The maximum Gasteiger partial charge on any atom is 0.124 e. The molecule has 0 aliphatic carbocycles. The van der Waals surface area contributed by atoms with Crippen LogP contribution < -0.4 is 5.32 Å². The van der Waals surface area contributed by atoms with Crippen molar-refractivity contribution in [3.8, 4) is 0 Å². The Morgan fingerprint density at radius 2 is 2.43 bits per heavy atom. The summed E-state index contributed by atoms with van der Waals surface area (Å²) >= 11 is 1.76. The van der Waals surface area contributed by atoms with Gasteiger partial charge in [-0.25, -0.2) is 0 Å². The third-order valence-corrected chi connectivity index (χ3v) is 2.90. The molecule has 0 aliphatic heterocycles. The number of hydrogen-bond acceptors (Lipinski definition) is 3. The number of nitrogens with zero attached hydrogens (tertiary/aromatic N) is 2. The van der Waals surface area contributed by atoms with Gasteiger partial charge >= 0.3 is 0 Å². The zero-order valence-corrected chi connectivity index (χ0v) is 9.14. The summed E-state index contributed by atoms with van der Waals surface area (Å²) in [6.45, 7) is 2.87. The molecule has 3 nitrogen and oxygen atoms in total. The number of thiophene rings is 1. The lowest BCUT2D eigenvalue weighted by Gasteiger charge is -2.03. The zero-order chi connectivity index (χ0) is 9.97. The van der Waals surface area contributed by atoms with Crippen LogP contribution >= 0.6 is 11.3 Å². The van der Waals surface area contributed by atoms with Crippen molar-refractivity contribution < 1.29 is 0 Å². The summed E-state index contributed by atoms with van der Waals surface area (Å²) in [6, 6.07) is 6.24. The standard InChI is InChI=1S/C10H13N3S/c1-8-6-10(13(2)12-8)11-7-9-4-3-5-14-9/h3-6,11H,7H2,1-2H3. The van der Waals surface area contributed by atoms with Crippen LogP contribution in [0.2, 0.25) is 0 Å². The van der Waals surface area contributed by atoms with E-state index >= 15 is 0 Å². The predicted molar refractivity (Wildman–Crippen MR) is 59.6 cm³/mol. The molecule has 0 bridgehead atoms. The molecule has 2 aromatic heterocycles. The van der Waals surface area contributed by atoms with Gasteiger partial charge in [0, 0.05) is 18.0 Å². The molecule has 2 aromatic rings. The van der Waals surface area contributed by atoms with Gasteiger partial charge in [0.25, 0.3) is 0 Å². The molecule has 0 fully saturated rings. The first-order chi connectivity index (χ1) is 6.75. The molecule has 0 saturated heterocycles. The van der Waals surface area contributed by atoms with Gasteiger partial charge in [0.1, 0.15) is 5.82 Å². The highest BCUT2D eigenvalue weighted by atomic mass is 32.1. The minimum atomic E-state index is 0.872. The minimum Gasteiger partial charge on any atom is -0.365 e. The molecule has 0 radical (unpaired) electrons. The van der Waals surface area contributed by atoms with E-state index in [4.69, 9.17) is 0 Å². The normalized spacial score (nSPS) is 10.4. The summed E-state index contributed by atoms with van der Waals surface area (Å²) in [4.78, 5) is 1.34. The van der Waals surface area contributed by atoms with Crippen LogP contribution in [0, 0.1) is 6.92 Å². The number of nitrogens with one attached hydrogen (secondary N) is 1. The van der Waals surface area contributed by atoms with Gasteiger partial charge in [-0.05, 0) is 18.4 Å². The molecule has 0 aromatic carbocycles. The van der Waals surface area contributed by atoms with E-state index in [0.717, 1.165) is 18.1 Å². The molecule has 1 N–H and O–H groups in total. The van der Waals surface area contributed by atoms with Crippen molar-refractivity contribution in [2.75, 3.05) is 5.32 Å². The van der Waals surface area contributed by atoms with Crippen LogP contribution in [0.3, 0.4) is 0 Å². The van der Waals surface area contributed by atoms with E-state index < -0.39 is 0 Å². The molecule has 74 valence electrons. The lowest BCUT2D eigenvalue weighted by atomic mass is 10.4. The molecule has 0 saturated carbocycles. The molecule has 0 amide bonds. The first-order valence-electron chi connectivity index (χ1n) is 4.52. The summed E-state index contributed by atoms with van der Waals surface area (Å²) in [5.74, 6) is 1.07. The summed E-state index contributed by atoms with van der Waals surface area (Å²) < 4.78 is 1.86. The molecular weight excluding hydrogens is 194 g/mol. The molecule has 0 unspecified atom stereocenters. The van der Waals surface area contributed by atoms with Gasteiger partial charge < -0.3 is 5.32 Å². The molecular formula is C10H13N3S. The second kappa shape index (κ2) is 3.84. The highest BCUT2D eigenvalue weighted by Crippen LogP contribution is 2.13. The van der Waals surface area contributed by atoms with E-state index in [2.05, 4.69) is 27.9 Å². The van der Waals surface area contributed by atoms with Gasteiger partial charge in [-0.2, -0.15) is 5.10 Å². The Labute approximate surface area is 87.4 Å². The number of aryl methyl sites for hydroxylation is 2. The third kappa shape index (κ3) is 1.96. The predicted octanol–water partition coefficient (Wildman–Crippen LogP) is 2.40. The second-order valence-electron chi connectivity index (χ2n) is 3.23. The first-order valence-corrected chi connectivity index (χ1v) is 5.40. The number of anilines is 1. The Hall–Kier alpha value is -1.29. The van der Waals surface area contributed by atoms with Gasteiger partial charge in [0.05, 0.1) is 12.2 Å². The minimum absolute atomic E-state index is 0.872. The Bertz CT molecular complexity index is 403. The maximum atomic E-state index is 4.27. The first kappa shape index (κ1) is 9.27. The van der Waals surface area contributed by atoms with Gasteiger partial charge in [-0.3, -0.25) is 4.68 Å². The SMILES string of the molecule is Cc1cc(NCc2cccs2)n(C)n1. The van der Waals surface area contributed by atoms with Crippen molar-refractivity contribution in [2.24, 2.45) is 7.05 Å². The average Bonchev–Trinajstić information content (AvgIpc) is 2.72. The highest BCUT2D eigenvalue weighted by Gasteiger charge is 2.00. The van der Waals surface area contributed by atoms with Crippen molar-refractivity contribution in [1.82, 2.24) is 9.78 Å². The van der Waals surface area contributed by atoms with Crippen molar-refractivity contribution in [1.29, 1.82) is 0 Å².